The molecule has 0 bridgehead atoms. The largest absolute Gasteiger partial charge is 0.490 e. The molecular weight excluding hydrogens is 473 g/mol. The first-order valence-electron chi connectivity index (χ1n) is 10.8. The van der Waals surface area contributed by atoms with E-state index in [4.69, 9.17) is 9.90 Å². The van der Waals surface area contributed by atoms with E-state index >= 15 is 0 Å². The van der Waals surface area contributed by atoms with Crippen LogP contribution in [-0.2, 0) is 10.2 Å². The van der Waals surface area contributed by atoms with E-state index in [1.807, 2.05) is 43.7 Å². The number of likely N-dealkylation sites (tertiary alicyclic amines) is 2. The smallest absolute Gasteiger partial charge is 0.475 e. The number of carbonyl (C=O) groups is 3. The third kappa shape index (κ3) is 4.59. The Hall–Kier alpha value is -3.15. The third-order valence-electron chi connectivity index (χ3n) is 6.30. The molecule has 2 saturated heterocycles. The number of nitrogens with zero attached hydrogens (tertiary/aromatic N) is 4. The Labute approximate surface area is 197 Å². The molecule has 3 amide bonds. The van der Waals surface area contributed by atoms with Crippen molar-refractivity contribution < 1.29 is 32.7 Å². The lowest BCUT2D eigenvalue weighted by Crippen LogP contribution is -2.44. The number of alkyl halides is 3. The lowest BCUT2D eigenvalue weighted by molar-refractivity contribution is -0.192. The summed E-state index contributed by atoms with van der Waals surface area (Å²) in [7, 11) is 0. The molecule has 5 heterocycles. The summed E-state index contributed by atoms with van der Waals surface area (Å²) in [6.45, 7) is 3.68. The number of aromatic nitrogens is 1. The van der Waals surface area contributed by atoms with Crippen LogP contribution in [0.4, 0.5) is 23.7 Å². The van der Waals surface area contributed by atoms with E-state index in [-0.39, 0.29) is 17.4 Å². The highest BCUT2D eigenvalue weighted by atomic mass is 32.1. The fraction of sp³-hybridized carbons (Fsp3) is 0.455. The van der Waals surface area contributed by atoms with Gasteiger partial charge in [-0.25, -0.2) is 9.59 Å². The second-order valence-corrected chi connectivity index (χ2v) is 9.29. The number of hydrogen-bond acceptors (Lipinski definition) is 5. The van der Waals surface area contributed by atoms with Gasteiger partial charge in [0.05, 0.1) is 22.4 Å². The van der Waals surface area contributed by atoms with Crippen molar-refractivity contribution in [2.24, 2.45) is 0 Å². The number of carbonyl (C=O) groups excluding carboxylic acids is 2. The van der Waals surface area contributed by atoms with Crippen LogP contribution in [0.5, 0.6) is 0 Å². The summed E-state index contributed by atoms with van der Waals surface area (Å²) in [5.74, 6) is -2.74. The maximum absolute atomic E-state index is 13.1. The number of urea groups is 1. The molecule has 12 heteroatoms. The second kappa shape index (κ2) is 9.24. The number of carboxylic acid groups (broad SMARTS) is 1. The minimum Gasteiger partial charge on any atom is -0.475 e. The van der Waals surface area contributed by atoms with Gasteiger partial charge in [-0.05, 0) is 42.8 Å². The van der Waals surface area contributed by atoms with Crippen molar-refractivity contribution in [2.75, 3.05) is 37.6 Å². The lowest BCUT2D eigenvalue weighted by Gasteiger charge is -2.27. The van der Waals surface area contributed by atoms with Crippen molar-refractivity contribution in [3.05, 3.63) is 46.4 Å². The fourth-order valence-corrected chi connectivity index (χ4v) is 5.31. The molecule has 1 atom stereocenters. The molecule has 2 aromatic rings. The maximum atomic E-state index is 13.1. The van der Waals surface area contributed by atoms with Crippen LogP contribution in [-0.4, -0.2) is 76.7 Å². The van der Waals surface area contributed by atoms with Crippen LogP contribution in [0.25, 0.3) is 0 Å². The molecule has 0 saturated carbocycles. The van der Waals surface area contributed by atoms with Crippen LogP contribution in [0.1, 0.15) is 35.3 Å². The highest BCUT2D eigenvalue weighted by molar-refractivity contribution is 7.08. The minimum absolute atomic E-state index is 0.0201. The van der Waals surface area contributed by atoms with Crippen LogP contribution in [0.2, 0.25) is 0 Å². The molecule has 1 spiro atoms. The van der Waals surface area contributed by atoms with Gasteiger partial charge in [0.2, 0.25) is 0 Å². The van der Waals surface area contributed by atoms with Crippen molar-refractivity contribution in [2.45, 2.75) is 30.9 Å². The summed E-state index contributed by atoms with van der Waals surface area (Å²) in [5.41, 5.74) is 2.32. The highest BCUT2D eigenvalue weighted by Gasteiger charge is 2.51. The predicted molar refractivity (Wildman–Crippen MR) is 118 cm³/mol. The molecule has 2 aromatic heterocycles. The Kier molecular flexibility index (Phi) is 6.52. The van der Waals surface area contributed by atoms with E-state index in [2.05, 4.69) is 4.98 Å². The number of fused-ring (bicyclic) bond motifs is 2. The number of amides is 3. The zero-order valence-corrected chi connectivity index (χ0v) is 18.9. The second-order valence-electron chi connectivity index (χ2n) is 8.51. The normalized spacial score (nSPS) is 21.4. The molecular formula is C22H23F3N4O4S. The van der Waals surface area contributed by atoms with Crippen molar-refractivity contribution in [1.29, 1.82) is 0 Å². The topological polar surface area (TPSA) is 94.1 Å². The first-order valence-corrected chi connectivity index (χ1v) is 11.7. The number of aliphatic carboxylic acids is 1. The summed E-state index contributed by atoms with van der Waals surface area (Å²) >= 11 is 1.53. The van der Waals surface area contributed by atoms with E-state index in [1.54, 1.807) is 6.20 Å². The van der Waals surface area contributed by atoms with Crippen molar-refractivity contribution in [3.8, 4) is 0 Å². The fourth-order valence-electron chi connectivity index (χ4n) is 4.68. The molecule has 3 aliphatic rings. The van der Waals surface area contributed by atoms with Gasteiger partial charge in [0.15, 0.2) is 0 Å². The number of rotatable bonds is 1. The van der Waals surface area contributed by atoms with E-state index in [0.717, 1.165) is 55.8 Å². The molecule has 1 N–H and O–H groups in total. The Morgan fingerprint density at radius 2 is 1.76 bits per heavy atom. The van der Waals surface area contributed by atoms with Gasteiger partial charge in [0.25, 0.3) is 5.91 Å². The van der Waals surface area contributed by atoms with E-state index in [0.29, 0.717) is 13.1 Å². The van der Waals surface area contributed by atoms with Gasteiger partial charge in [-0.15, -0.1) is 0 Å². The number of hydrogen-bond donors (Lipinski definition) is 1. The molecule has 3 aliphatic heterocycles. The predicted octanol–water partition coefficient (Wildman–Crippen LogP) is 3.60. The summed E-state index contributed by atoms with van der Waals surface area (Å²) in [6, 6.07) is 5.87. The zero-order valence-electron chi connectivity index (χ0n) is 18.1. The van der Waals surface area contributed by atoms with Crippen LogP contribution < -0.4 is 4.90 Å². The van der Waals surface area contributed by atoms with Gasteiger partial charge in [-0.1, -0.05) is 0 Å². The number of carboxylic acids is 1. The SMILES string of the molecule is O=C(N1CCCC1)N1CCC2(C1)CN(C(=O)c1ccsc1)c1cccnc12.O=C(O)C(F)(F)F. The molecule has 182 valence electrons. The van der Waals surface area contributed by atoms with E-state index in [1.165, 1.54) is 11.3 Å². The molecule has 2 fully saturated rings. The molecule has 34 heavy (non-hydrogen) atoms. The molecule has 0 aliphatic carbocycles. The summed E-state index contributed by atoms with van der Waals surface area (Å²) < 4.78 is 31.7. The molecule has 8 nitrogen and oxygen atoms in total. The first kappa shape index (κ1) is 24.0. The number of halogens is 3. The molecule has 1 unspecified atom stereocenters. The van der Waals surface area contributed by atoms with Gasteiger partial charge in [0.1, 0.15) is 0 Å². The number of pyridine rings is 1. The lowest BCUT2D eigenvalue weighted by atomic mass is 9.85. The first-order chi connectivity index (χ1) is 16.1. The van der Waals surface area contributed by atoms with Crippen molar-refractivity contribution in [1.82, 2.24) is 14.8 Å². The molecule has 0 aromatic carbocycles. The monoisotopic (exact) mass is 496 g/mol. The number of thiophene rings is 1. The van der Waals surface area contributed by atoms with E-state index in [9.17, 15) is 22.8 Å². The van der Waals surface area contributed by atoms with Crippen molar-refractivity contribution in [3.63, 3.8) is 0 Å². The van der Waals surface area contributed by atoms with Crippen LogP contribution in [0, 0.1) is 0 Å². The van der Waals surface area contributed by atoms with Crippen molar-refractivity contribution >= 4 is 34.9 Å². The summed E-state index contributed by atoms with van der Waals surface area (Å²) in [6.07, 6.45) is -0.246. The van der Waals surface area contributed by atoms with Gasteiger partial charge in [0, 0.05) is 44.3 Å². The Morgan fingerprint density at radius 1 is 1.06 bits per heavy atom. The summed E-state index contributed by atoms with van der Waals surface area (Å²) in [4.78, 5) is 45.2. The van der Waals surface area contributed by atoms with Crippen LogP contribution in [0.15, 0.2) is 35.2 Å². The average molecular weight is 497 g/mol. The molecule has 5 rings (SSSR count). The van der Waals surface area contributed by atoms with Gasteiger partial charge >= 0.3 is 18.2 Å². The Balaban J connectivity index is 0.000000344. The standard InChI is InChI=1S/C20H22N4O2S.C2HF3O2/c25-18(15-5-11-27-12-15)24-14-20(17-16(24)4-3-7-21-17)6-10-23(13-20)19(26)22-8-1-2-9-22;3-2(4,5)1(6)7/h3-5,7,11-12H,1-2,6,8-10,13-14H2;(H,6,7). The third-order valence-corrected chi connectivity index (χ3v) is 6.98. The highest BCUT2D eigenvalue weighted by Crippen LogP contribution is 2.45. The minimum atomic E-state index is -5.08. The van der Waals surface area contributed by atoms with Gasteiger partial charge < -0.3 is 19.8 Å². The zero-order chi connectivity index (χ0) is 24.5. The number of anilines is 1. The molecule has 0 radical (unpaired) electrons. The maximum Gasteiger partial charge on any atom is 0.490 e. The van der Waals surface area contributed by atoms with Gasteiger partial charge in [-0.2, -0.15) is 24.5 Å². The van der Waals surface area contributed by atoms with E-state index < -0.39 is 12.1 Å². The average Bonchev–Trinajstić information content (AvgIpc) is 3.60. The quantitative estimate of drug-likeness (QED) is 0.651. The van der Waals surface area contributed by atoms with Gasteiger partial charge in [-0.3, -0.25) is 9.78 Å². The summed E-state index contributed by atoms with van der Waals surface area (Å²) in [5, 5.41) is 10.9. The Bertz CT molecular complexity index is 1070. The Morgan fingerprint density at radius 3 is 2.38 bits per heavy atom. The van der Waals surface area contributed by atoms with Crippen LogP contribution in [0.3, 0.4) is 0 Å². The van der Waals surface area contributed by atoms with Crippen LogP contribution >= 0.6 is 11.3 Å².